The summed E-state index contributed by atoms with van der Waals surface area (Å²) >= 11 is 0. The van der Waals surface area contributed by atoms with E-state index >= 15 is 0 Å². The van der Waals surface area contributed by atoms with Crippen LogP contribution in [0, 0.1) is 0 Å². The molecule has 6 nitrogen and oxygen atoms in total. The fraction of sp³-hybridized carbons (Fsp3) is 0.458. The molecule has 7 heteroatoms. The first-order valence-electron chi connectivity index (χ1n) is 11.2. The molecule has 1 aliphatic heterocycles. The summed E-state index contributed by atoms with van der Waals surface area (Å²) in [7, 11) is -3.56. The van der Waals surface area contributed by atoms with Gasteiger partial charge in [0.25, 0.3) is 0 Å². The molecular weight excluding hydrogens is 410 g/mol. The van der Waals surface area contributed by atoms with E-state index < -0.39 is 10.0 Å². The molecule has 2 N–H and O–H groups in total. The number of anilines is 2. The molecule has 0 saturated carbocycles. The summed E-state index contributed by atoms with van der Waals surface area (Å²) in [6.07, 6.45) is 7.10. The third-order valence-electron chi connectivity index (χ3n) is 5.61. The second kappa shape index (κ2) is 11.3. The molecule has 0 unspecified atom stereocenters. The number of amides is 1. The first-order valence-corrected chi connectivity index (χ1v) is 12.7. The number of rotatable bonds is 9. The normalized spacial score (nSPS) is 14.8. The zero-order valence-corrected chi connectivity index (χ0v) is 19.1. The van der Waals surface area contributed by atoms with E-state index in [0.717, 1.165) is 25.9 Å². The van der Waals surface area contributed by atoms with Gasteiger partial charge in [-0.05, 0) is 67.6 Å². The maximum Gasteiger partial charge on any atom is 0.240 e. The second-order valence-corrected chi connectivity index (χ2v) is 9.76. The van der Waals surface area contributed by atoms with Gasteiger partial charge in [0.15, 0.2) is 0 Å². The lowest BCUT2D eigenvalue weighted by molar-refractivity contribution is -0.115. The van der Waals surface area contributed by atoms with Gasteiger partial charge in [-0.2, -0.15) is 0 Å². The third-order valence-corrected chi connectivity index (χ3v) is 7.09. The molecule has 0 atom stereocenters. The zero-order valence-electron chi connectivity index (χ0n) is 18.3. The number of carbonyl (C=O) groups is 1. The number of hydrogen-bond acceptors (Lipinski definition) is 4. The average Bonchev–Trinajstić information content (AvgIpc) is 3.07. The largest absolute Gasteiger partial charge is 0.372 e. The molecule has 168 valence electrons. The quantitative estimate of drug-likeness (QED) is 0.566. The molecule has 1 saturated heterocycles. The number of sulfonamides is 1. The van der Waals surface area contributed by atoms with Gasteiger partial charge < -0.3 is 10.2 Å². The molecule has 1 amide bonds. The van der Waals surface area contributed by atoms with Crippen LogP contribution in [0.5, 0.6) is 0 Å². The molecule has 1 heterocycles. The fourth-order valence-electron chi connectivity index (χ4n) is 3.75. The topological polar surface area (TPSA) is 78.5 Å². The lowest BCUT2D eigenvalue weighted by Crippen LogP contribution is -2.25. The molecule has 0 spiro atoms. The standard InChI is InChI=1S/C24H33N3O3S/c1-2-24(28)26-21-11-15-23(16-12-21)31(29,30)25-17-7-8-20-9-13-22(14-10-20)27-18-5-3-4-6-19-27/h9-16,25H,2-8,17-19H2,1H3,(H,26,28). The van der Waals surface area contributed by atoms with Gasteiger partial charge in [0.2, 0.25) is 15.9 Å². The zero-order chi connectivity index (χ0) is 22.1. The Morgan fingerprint density at radius 2 is 1.58 bits per heavy atom. The Hall–Kier alpha value is -2.38. The molecule has 2 aromatic rings. The predicted molar refractivity (Wildman–Crippen MR) is 126 cm³/mol. The number of carbonyl (C=O) groups excluding carboxylic acids is 1. The Labute approximate surface area is 186 Å². The number of aryl methyl sites for hydroxylation is 1. The summed E-state index contributed by atoms with van der Waals surface area (Å²) in [6, 6.07) is 14.9. The minimum atomic E-state index is -3.56. The van der Waals surface area contributed by atoms with Crippen molar-refractivity contribution < 1.29 is 13.2 Å². The number of nitrogens with one attached hydrogen (secondary N) is 2. The van der Waals surface area contributed by atoms with Crippen molar-refractivity contribution in [3.8, 4) is 0 Å². The smallest absolute Gasteiger partial charge is 0.240 e. The highest BCUT2D eigenvalue weighted by molar-refractivity contribution is 7.89. The maximum absolute atomic E-state index is 12.5. The van der Waals surface area contributed by atoms with Gasteiger partial charge in [0, 0.05) is 37.4 Å². The van der Waals surface area contributed by atoms with Crippen molar-refractivity contribution >= 4 is 27.3 Å². The van der Waals surface area contributed by atoms with Crippen molar-refractivity contribution in [1.29, 1.82) is 0 Å². The number of hydrogen-bond donors (Lipinski definition) is 2. The van der Waals surface area contributed by atoms with Gasteiger partial charge in [0.05, 0.1) is 4.90 Å². The minimum absolute atomic E-state index is 0.104. The Balaban J connectivity index is 1.45. The third kappa shape index (κ3) is 7.08. The van der Waals surface area contributed by atoms with Crippen molar-refractivity contribution in [3.63, 3.8) is 0 Å². The van der Waals surface area contributed by atoms with Crippen LogP contribution >= 0.6 is 0 Å². The van der Waals surface area contributed by atoms with E-state index in [1.165, 1.54) is 49.1 Å². The van der Waals surface area contributed by atoms with Crippen LogP contribution in [-0.2, 0) is 21.2 Å². The van der Waals surface area contributed by atoms with Crippen molar-refractivity contribution in [2.24, 2.45) is 0 Å². The molecule has 0 radical (unpaired) electrons. The van der Waals surface area contributed by atoms with E-state index in [1.807, 2.05) is 0 Å². The van der Waals surface area contributed by atoms with Crippen molar-refractivity contribution in [3.05, 3.63) is 54.1 Å². The van der Waals surface area contributed by atoms with Crippen LogP contribution in [0.2, 0.25) is 0 Å². The predicted octanol–water partition coefficient (Wildman–Crippen LogP) is 4.33. The van der Waals surface area contributed by atoms with E-state index in [-0.39, 0.29) is 10.8 Å². The molecule has 0 aliphatic carbocycles. The van der Waals surface area contributed by atoms with Crippen molar-refractivity contribution in [2.45, 2.75) is 56.8 Å². The maximum atomic E-state index is 12.5. The highest BCUT2D eigenvalue weighted by Crippen LogP contribution is 2.20. The van der Waals surface area contributed by atoms with E-state index in [2.05, 4.69) is 39.2 Å². The van der Waals surface area contributed by atoms with Crippen molar-refractivity contribution in [1.82, 2.24) is 4.72 Å². The van der Waals surface area contributed by atoms with Crippen LogP contribution in [0.15, 0.2) is 53.4 Å². The average molecular weight is 444 g/mol. The van der Waals surface area contributed by atoms with E-state index in [9.17, 15) is 13.2 Å². The molecule has 31 heavy (non-hydrogen) atoms. The van der Waals surface area contributed by atoms with Crippen LogP contribution in [0.25, 0.3) is 0 Å². The van der Waals surface area contributed by atoms with Gasteiger partial charge in [-0.3, -0.25) is 4.79 Å². The highest BCUT2D eigenvalue weighted by Gasteiger charge is 2.14. The molecular formula is C24H33N3O3S. The highest BCUT2D eigenvalue weighted by atomic mass is 32.2. The molecule has 3 rings (SSSR count). The van der Waals surface area contributed by atoms with Crippen LogP contribution < -0.4 is 14.9 Å². The first-order chi connectivity index (χ1) is 15.0. The van der Waals surface area contributed by atoms with Crippen LogP contribution in [0.1, 0.15) is 51.0 Å². The van der Waals surface area contributed by atoms with Gasteiger partial charge >= 0.3 is 0 Å². The van der Waals surface area contributed by atoms with Crippen LogP contribution in [-0.4, -0.2) is 34.0 Å². The number of benzene rings is 2. The SMILES string of the molecule is CCC(=O)Nc1ccc(S(=O)(=O)NCCCc2ccc(N3CCCCCC3)cc2)cc1. The molecule has 0 bridgehead atoms. The monoisotopic (exact) mass is 443 g/mol. The lowest BCUT2D eigenvalue weighted by Gasteiger charge is -2.22. The first kappa shape index (κ1) is 23.3. The summed E-state index contributed by atoms with van der Waals surface area (Å²) in [6.45, 7) is 4.41. The second-order valence-electron chi connectivity index (χ2n) is 8.00. The Kier molecular flexibility index (Phi) is 8.49. The molecule has 1 aliphatic rings. The summed E-state index contributed by atoms with van der Waals surface area (Å²) < 4.78 is 27.6. The van der Waals surface area contributed by atoms with E-state index in [0.29, 0.717) is 18.7 Å². The summed E-state index contributed by atoms with van der Waals surface area (Å²) in [4.78, 5) is 14.1. The fourth-order valence-corrected chi connectivity index (χ4v) is 4.83. The lowest BCUT2D eigenvalue weighted by atomic mass is 10.1. The molecule has 2 aromatic carbocycles. The van der Waals surface area contributed by atoms with Crippen LogP contribution in [0.4, 0.5) is 11.4 Å². The Morgan fingerprint density at radius 1 is 0.935 bits per heavy atom. The summed E-state index contributed by atoms with van der Waals surface area (Å²) in [5, 5.41) is 2.71. The van der Waals surface area contributed by atoms with E-state index in [1.54, 1.807) is 19.1 Å². The van der Waals surface area contributed by atoms with Crippen LogP contribution in [0.3, 0.4) is 0 Å². The Morgan fingerprint density at radius 3 is 2.19 bits per heavy atom. The molecule has 0 aromatic heterocycles. The van der Waals surface area contributed by atoms with Crippen molar-refractivity contribution in [2.75, 3.05) is 29.9 Å². The van der Waals surface area contributed by atoms with Gasteiger partial charge in [-0.1, -0.05) is 31.9 Å². The van der Waals surface area contributed by atoms with E-state index in [4.69, 9.17) is 0 Å². The van der Waals surface area contributed by atoms with Gasteiger partial charge in [0.1, 0.15) is 0 Å². The summed E-state index contributed by atoms with van der Waals surface area (Å²) in [5.41, 5.74) is 3.09. The summed E-state index contributed by atoms with van der Waals surface area (Å²) in [5.74, 6) is -0.104. The Bertz CT molecular complexity index is 933. The van der Waals surface area contributed by atoms with Gasteiger partial charge in [-0.15, -0.1) is 0 Å². The minimum Gasteiger partial charge on any atom is -0.372 e. The van der Waals surface area contributed by atoms with Gasteiger partial charge in [-0.25, -0.2) is 13.1 Å². The number of nitrogens with zero attached hydrogens (tertiary/aromatic N) is 1. The molecule has 1 fully saturated rings.